The number of phenols is 1. The van der Waals surface area contributed by atoms with Crippen LogP contribution in [-0.4, -0.2) is 23.5 Å². The van der Waals surface area contributed by atoms with Gasteiger partial charge < -0.3 is 15.2 Å². The highest BCUT2D eigenvalue weighted by Gasteiger charge is 2.79. The number of rotatable bonds is 5. The van der Waals surface area contributed by atoms with Crippen LogP contribution in [-0.2, 0) is 19.3 Å². The summed E-state index contributed by atoms with van der Waals surface area (Å²) < 4.78 is 5.49. The van der Waals surface area contributed by atoms with Crippen LogP contribution in [0.4, 0.5) is 0 Å². The number of hydrogen-bond acceptors (Lipinski definition) is 4. The van der Waals surface area contributed by atoms with Gasteiger partial charge in [0, 0.05) is 17.7 Å². The van der Waals surface area contributed by atoms with E-state index in [0.717, 1.165) is 12.8 Å². The summed E-state index contributed by atoms with van der Waals surface area (Å²) in [4.78, 5) is 23.3. The number of unbranched alkanes of at least 4 members (excludes halogenated alkanes) is 1. The Morgan fingerprint density at radius 1 is 1.10 bits per heavy atom. The summed E-state index contributed by atoms with van der Waals surface area (Å²) in [7, 11) is 0. The van der Waals surface area contributed by atoms with Crippen molar-refractivity contribution in [1.82, 2.24) is 5.32 Å². The van der Waals surface area contributed by atoms with Gasteiger partial charge in [0.1, 0.15) is 27.2 Å². The van der Waals surface area contributed by atoms with E-state index in [0.29, 0.717) is 17.9 Å². The number of carbonyl (C=O) groups is 2. The Morgan fingerprint density at radius 2 is 1.72 bits per heavy atom. The van der Waals surface area contributed by atoms with Crippen LogP contribution in [0.25, 0.3) is 0 Å². The third kappa shape index (κ3) is 2.75. The number of esters is 1. The first-order valence-electron chi connectivity index (χ1n) is 9.62. The monoisotopic (exact) mass is 433 g/mol. The van der Waals surface area contributed by atoms with Crippen molar-refractivity contribution in [2.24, 2.45) is 11.8 Å². The van der Waals surface area contributed by atoms with Gasteiger partial charge in [-0.05, 0) is 18.6 Å². The van der Waals surface area contributed by atoms with E-state index >= 15 is 0 Å². The van der Waals surface area contributed by atoms with Crippen LogP contribution >= 0.6 is 23.2 Å². The van der Waals surface area contributed by atoms with Crippen LogP contribution < -0.4 is 10.1 Å². The Labute approximate surface area is 179 Å². The zero-order valence-electron chi connectivity index (χ0n) is 15.8. The van der Waals surface area contributed by atoms with Crippen molar-refractivity contribution in [3.8, 4) is 11.5 Å². The van der Waals surface area contributed by atoms with Gasteiger partial charge in [0.05, 0.1) is 5.92 Å². The molecule has 0 bridgehead atoms. The lowest BCUT2D eigenvalue weighted by atomic mass is 9.50. The Kier molecular flexibility index (Phi) is 4.99. The van der Waals surface area contributed by atoms with E-state index in [2.05, 4.69) is 5.32 Å². The van der Waals surface area contributed by atoms with Gasteiger partial charge in [-0.3, -0.25) is 9.59 Å². The van der Waals surface area contributed by atoms with Crippen molar-refractivity contribution in [2.45, 2.75) is 29.5 Å². The molecule has 4 atom stereocenters. The lowest BCUT2D eigenvalue weighted by Crippen LogP contribution is -2.73. The van der Waals surface area contributed by atoms with Crippen molar-refractivity contribution in [1.29, 1.82) is 0 Å². The normalized spacial score (nSPS) is 29.8. The third-order valence-electron chi connectivity index (χ3n) is 5.84. The first-order chi connectivity index (χ1) is 13.9. The van der Waals surface area contributed by atoms with Crippen LogP contribution in [0, 0.1) is 11.8 Å². The number of benzene rings is 2. The van der Waals surface area contributed by atoms with E-state index < -0.39 is 27.6 Å². The standard InChI is InChI=1S/C22H21Cl2NO4/c1-2-3-12-25-19(27)17-21(23,13-8-4-6-10-15(13)26)18-20(28)29-16-11-7-5-9-14(16)22(17,18)24/h4-11,17-18,26H,2-3,12H2,1H3,(H,25,27)/t17-,18-,21-,22-/m1/s1. The molecule has 2 N–H and O–H groups in total. The third-order valence-corrected chi connectivity index (χ3v) is 7.12. The van der Waals surface area contributed by atoms with E-state index in [4.69, 9.17) is 27.9 Å². The molecule has 152 valence electrons. The number of carbonyl (C=O) groups excluding carboxylic acids is 2. The molecule has 1 heterocycles. The fourth-order valence-corrected chi connectivity index (χ4v) is 6.02. The summed E-state index contributed by atoms with van der Waals surface area (Å²) in [6.45, 7) is 2.50. The van der Waals surface area contributed by atoms with Gasteiger partial charge in [0.15, 0.2) is 0 Å². The summed E-state index contributed by atoms with van der Waals surface area (Å²) >= 11 is 14.1. The number of alkyl halides is 2. The second-order valence-electron chi connectivity index (χ2n) is 7.48. The first kappa shape index (κ1) is 20.0. The predicted molar refractivity (Wildman–Crippen MR) is 110 cm³/mol. The molecular weight excluding hydrogens is 413 g/mol. The van der Waals surface area contributed by atoms with Gasteiger partial charge in [-0.15, -0.1) is 23.2 Å². The number of halogens is 2. The predicted octanol–water partition coefficient (Wildman–Crippen LogP) is 4.04. The zero-order valence-corrected chi connectivity index (χ0v) is 17.3. The topological polar surface area (TPSA) is 75.6 Å². The molecule has 2 aromatic carbocycles. The first-order valence-corrected chi connectivity index (χ1v) is 10.4. The van der Waals surface area contributed by atoms with Gasteiger partial charge in [-0.1, -0.05) is 49.7 Å². The van der Waals surface area contributed by atoms with Crippen LogP contribution in [0.5, 0.6) is 11.5 Å². The molecule has 2 aliphatic rings. The number of amides is 1. The minimum absolute atomic E-state index is 0.0979. The van der Waals surface area contributed by atoms with Crippen molar-refractivity contribution in [3.63, 3.8) is 0 Å². The number of nitrogens with one attached hydrogen (secondary N) is 1. The van der Waals surface area contributed by atoms with Crippen molar-refractivity contribution in [3.05, 3.63) is 59.7 Å². The summed E-state index contributed by atoms with van der Waals surface area (Å²) in [6.07, 6.45) is 1.72. The molecule has 7 heteroatoms. The fraction of sp³-hybridized carbons (Fsp3) is 0.364. The maximum atomic E-state index is 13.3. The van der Waals surface area contributed by atoms with E-state index in [9.17, 15) is 14.7 Å². The largest absolute Gasteiger partial charge is 0.508 e. The van der Waals surface area contributed by atoms with Gasteiger partial charge in [-0.25, -0.2) is 0 Å². The molecule has 1 aliphatic carbocycles. The molecule has 1 aliphatic heterocycles. The molecule has 1 fully saturated rings. The zero-order chi connectivity index (χ0) is 20.8. The number of phenolic OH excluding ortho intramolecular Hbond substituents is 1. The molecule has 0 saturated heterocycles. The number of fused-ring (bicyclic) bond motifs is 3. The molecule has 4 rings (SSSR count). The van der Waals surface area contributed by atoms with Crippen LogP contribution in [0.1, 0.15) is 30.9 Å². The maximum absolute atomic E-state index is 13.3. The highest BCUT2D eigenvalue weighted by atomic mass is 35.5. The van der Waals surface area contributed by atoms with Gasteiger partial charge >= 0.3 is 5.97 Å². The molecule has 29 heavy (non-hydrogen) atoms. The van der Waals surface area contributed by atoms with E-state index in [1.54, 1.807) is 42.5 Å². The van der Waals surface area contributed by atoms with Crippen LogP contribution in [0.3, 0.4) is 0 Å². The second-order valence-corrected chi connectivity index (χ2v) is 8.73. The van der Waals surface area contributed by atoms with Crippen molar-refractivity contribution < 1.29 is 19.4 Å². The van der Waals surface area contributed by atoms with Gasteiger partial charge in [0.25, 0.3) is 0 Å². The highest BCUT2D eigenvalue weighted by Crippen LogP contribution is 2.72. The second kappa shape index (κ2) is 7.22. The molecule has 0 radical (unpaired) electrons. The summed E-state index contributed by atoms with van der Waals surface area (Å²) in [5.74, 6) is -2.77. The Morgan fingerprint density at radius 3 is 2.41 bits per heavy atom. The number of para-hydroxylation sites is 2. The van der Waals surface area contributed by atoms with Gasteiger partial charge in [-0.2, -0.15) is 0 Å². The summed E-state index contributed by atoms with van der Waals surface area (Å²) in [5, 5.41) is 13.4. The Balaban J connectivity index is 1.87. The molecule has 2 aromatic rings. The van der Waals surface area contributed by atoms with Gasteiger partial charge in [0.2, 0.25) is 5.91 Å². The Hall–Kier alpha value is -2.24. The highest BCUT2D eigenvalue weighted by molar-refractivity contribution is 6.37. The van der Waals surface area contributed by atoms with E-state index in [1.165, 1.54) is 6.07 Å². The minimum Gasteiger partial charge on any atom is -0.508 e. The smallest absolute Gasteiger partial charge is 0.318 e. The minimum atomic E-state index is -1.53. The molecule has 0 unspecified atom stereocenters. The SMILES string of the molecule is CCCCNC(=O)[C@@H]1[C@](Cl)(c2ccccc2O)[C@H]2C(=O)Oc3ccccc3[C@@]12Cl. The summed E-state index contributed by atoms with van der Waals surface area (Å²) in [5.41, 5.74) is 0.837. The van der Waals surface area contributed by atoms with E-state index in [1.807, 2.05) is 6.92 Å². The number of hydrogen-bond donors (Lipinski definition) is 2. The number of ether oxygens (including phenoxy) is 1. The van der Waals surface area contributed by atoms with Crippen LogP contribution in [0.2, 0.25) is 0 Å². The quantitative estimate of drug-likeness (QED) is 0.322. The molecule has 5 nitrogen and oxygen atoms in total. The molecule has 0 aromatic heterocycles. The van der Waals surface area contributed by atoms with E-state index in [-0.39, 0.29) is 17.2 Å². The average molecular weight is 434 g/mol. The molecule has 1 saturated carbocycles. The molecule has 1 amide bonds. The van der Waals surface area contributed by atoms with Crippen molar-refractivity contribution in [2.75, 3.05) is 6.54 Å². The lowest BCUT2D eigenvalue weighted by molar-refractivity contribution is -0.160. The Bertz CT molecular complexity index is 981. The van der Waals surface area contributed by atoms with Crippen LogP contribution in [0.15, 0.2) is 48.5 Å². The van der Waals surface area contributed by atoms with Crippen molar-refractivity contribution >= 4 is 35.1 Å². The number of aromatic hydroxyl groups is 1. The molecular formula is C22H21Cl2NO4. The maximum Gasteiger partial charge on any atom is 0.318 e. The summed E-state index contributed by atoms with van der Waals surface area (Å²) in [6, 6.07) is 13.3. The fourth-order valence-electron chi connectivity index (χ4n) is 4.52. The molecule has 0 spiro atoms. The average Bonchev–Trinajstić information content (AvgIpc) is 2.68. The lowest BCUT2D eigenvalue weighted by Gasteiger charge is -2.62.